The number of carboxylic acids is 1. The van der Waals surface area contributed by atoms with Crippen molar-refractivity contribution in [3.8, 4) is 0 Å². The predicted molar refractivity (Wildman–Crippen MR) is 73.9 cm³/mol. The Bertz CT molecular complexity index is 542. The third kappa shape index (κ3) is 4.24. The lowest BCUT2D eigenvalue weighted by molar-refractivity contribution is -0.170. The lowest BCUT2D eigenvalue weighted by Gasteiger charge is -2.32. The fourth-order valence-corrected chi connectivity index (χ4v) is 1.66. The van der Waals surface area contributed by atoms with Crippen LogP contribution in [-0.2, 0) is 20.7 Å². The van der Waals surface area contributed by atoms with Gasteiger partial charge in [-0.15, -0.1) is 0 Å². The summed E-state index contributed by atoms with van der Waals surface area (Å²) >= 11 is 0. The van der Waals surface area contributed by atoms with E-state index in [4.69, 9.17) is 10.5 Å². The van der Waals surface area contributed by atoms with Crippen LogP contribution in [0.15, 0.2) is 24.3 Å². The van der Waals surface area contributed by atoms with Gasteiger partial charge in [0.05, 0.1) is 5.54 Å². The molecule has 0 heterocycles. The van der Waals surface area contributed by atoms with Gasteiger partial charge in [-0.3, -0.25) is 4.79 Å². The summed E-state index contributed by atoms with van der Waals surface area (Å²) < 4.78 is 18.2. The van der Waals surface area contributed by atoms with Gasteiger partial charge < -0.3 is 20.9 Å². The molecule has 7 heteroatoms. The lowest BCUT2D eigenvalue weighted by Crippen LogP contribution is -2.63. The molecule has 1 rings (SSSR count). The van der Waals surface area contributed by atoms with Crippen molar-refractivity contribution in [2.45, 2.75) is 31.5 Å². The molecule has 4 N–H and O–H groups in total. The van der Waals surface area contributed by atoms with Gasteiger partial charge in [-0.1, -0.05) is 12.1 Å². The van der Waals surface area contributed by atoms with Crippen LogP contribution in [0.5, 0.6) is 0 Å². The number of carbonyl (C=O) groups excluding carboxylic acids is 1. The van der Waals surface area contributed by atoms with Crippen LogP contribution in [0.2, 0.25) is 0 Å². The maximum Gasteiger partial charge on any atom is 0.357 e. The number of benzene rings is 1. The molecular formula is C14H19FN2O4. The van der Waals surface area contributed by atoms with Crippen LogP contribution in [-0.4, -0.2) is 35.4 Å². The summed E-state index contributed by atoms with van der Waals surface area (Å²) in [5.41, 5.74) is 2.72. The summed E-state index contributed by atoms with van der Waals surface area (Å²) in [6, 6.07) is 5.40. The topological polar surface area (TPSA) is 102 Å². The Hall–Kier alpha value is -1.99. The van der Waals surface area contributed by atoms with Gasteiger partial charge in [0.25, 0.3) is 0 Å². The molecule has 0 aliphatic rings. The van der Waals surface area contributed by atoms with E-state index in [2.05, 4.69) is 5.32 Å². The summed E-state index contributed by atoms with van der Waals surface area (Å²) in [5, 5.41) is 11.7. The first kappa shape index (κ1) is 17.1. The van der Waals surface area contributed by atoms with E-state index in [0.717, 1.165) is 7.11 Å². The van der Waals surface area contributed by atoms with Gasteiger partial charge in [-0.25, -0.2) is 9.18 Å². The van der Waals surface area contributed by atoms with Gasteiger partial charge in [0.15, 0.2) is 0 Å². The van der Waals surface area contributed by atoms with Crippen molar-refractivity contribution in [3.63, 3.8) is 0 Å². The van der Waals surface area contributed by atoms with Gasteiger partial charge in [0.1, 0.15) is 5.82 Å². The van der Waals surface area contributed by atoms with E-state index in [1.54, 1.807) is 6.07 Å². The van der Waals surface area contributed by atoms with Crippen LogP contribution >= 0.6 is 0 Å². The first-order valence-corrected chi connectivity index (χ1v) is 6.25. The van der Waals surface area contributed by atoms with Crippen molar-refractivity contribution in [1.82, 2.24) is 5.32 Å². The Morgan fingerprint density at radius 1 is 1.43 bits per heavy atom. The number of nitrogens with two attached hydrogens (primary N) is 1. The van der Waals surface area contributed by atoms with Crippen molar-refractivity contribution >= 4 is 11.9 Å². The smallest absolute Gasteiger partial charge is 0.357 e. The molecule has 0 bridgehead atoms. The third-order valence-electron chi connectivity index (χ3n) is 2.94. The monoisotopic (exact) mass is 298 g/mol. The van der Waals surface area contributed by atoms with Gasteiger partial charge in [0.2, 0.25) is 11.6 Å². The van der Waals surface area contributed by atoms with E-state index in [1.165, 1.54) is 32.0 Å². The highest BCUT2D eigenvalue weighted by Gasteiger charge is 2.43. The number of halogens is 1. The predicted octanol–water partition coefficient (Wildman–Crippen LogP) is 0.649. The molecule has 0 saturated carbocycles. The molecule has 1 amide bonds. The summed E-state index contributed by atoms with van der Waals surface area (Å²) in [7, 11) is 1.15. The molecule has 0 aliphatic carbocycles. The highest BCUT2D eigenvalue weighted by molar-refractivity contribution is 5.90. The van der Waals surface area contributed by atoms with Crippen LogP contribution in [0.4, 0.5) is 4.39 Å². The van der Waals surface area contributed by atoms with Crippen molar-refractivity contribution in [2.24, 2.45) is 5.73 Å². The molecule has 0 fully saturated rings. The number of hydrogen-bond donors (Lipinski definition) is 3. The molecule has 0 radical (unpaired) electrons. The SMILES string of the molecule is CO[C@@](Cc1cccc(F)c1)(NC(=O)C(C)(C)N)C(=O)O. The zero-order valence-electron chi connectivity index (χ0n) is 12.1. The molecule has 1 atom stereocenters. The zero-order chi connectivity index (χ0) is 16.3. The number of carbonyl (C=O) groups is 2. The Labute approximate surface area is 122 Å². The average molecular weight is 298 g/mol. The van der Waals surface area contributed by atoms with Crippen molar-refractivity contribution in [2.75, 3.05) is 7.11 Å². The largest absolute Gasteiger partial charge is 0.478 e. The number of amides is 1. The Kier molecular flexibility index (Phi) is 5.03. The lowest BCUT2D eigenvalue weighted by atomic mass is 9.99. The highest BCUT2D eigenvalue weighted by Crippen LogP contribution is 2.17. The Balaban J connectivity index is 3.10. The number of rotatable bonds is 6. The maximum absolute atomic E-state index is 13.2. The fourth-order valence-electron chi connectivity index (χ4n) is 1.66. The zero-order valence-corrected chi connectivity index (χ0v) is 12.1. The van der Waals surface area contributed by atoms with E-state index in [9.17, 15) is 19.1 Å². The minimum atomic E-state index is -2.01. The minimum Gasteiger partial charge on any atom is -0.478 e. The van der Waals surface area contributed by atoms with Crippen molar-refractivity contribution < 1.29 is 23.8 Å². The summed E-state index contributed by atoms with van der Waals surface area (Å²) in [6.07, 6.45) is -0.238. The van der Waals surface area contributed by atoms with E-state index < -0.39 is 29.0 Å². The Morgan fingerprint density at radius 3 is 2.48 bits per heavy atom. The molecule has 116 valence electrons. The number of hydrogen-bond acceptors (Lipinski definition) is 4. The molecule has 0 aromatic heterocycles. The number of ether oxygens (including phenoxy) is 1. The second-order valence-corrected chi connectivity index (χ2v) is 5.32. The first-order valence-electron chi connectivity index (χ1n) is 6.25. The molecule has 0 spiro atoms. The van der Waals surface area contributed by atoms with E-state index in [1.807, 2.05) is 0 Å². The van der Waals surface area contributed by atoms with Gasteiger partial charge >= 0.3 is 5.97 Å². The fraction of sp³-hybridized carbons (Fsp3) is 0.429. The van der Waals surface area contributed by atoms with Gasteiger partial charge in [0, 0.05) is 13.5 Å². The summed E-state index contributed by atoms with van der Waals surface area (Å²) in [6.45, 7) is 2.87. The molecule has 1 aromatic carbocycles. The number of carboxylic acid groups (broad SMARTS) is 1. The number of nitrogens with one attached hydrogen (secondary N) is 1. The van der Waals surface area contributed by atoms with Crippen LogP contribution in [0.1, 0.15) is 19.4 Å². The van der Waals surface area contributed by atoms with Crippen LogP contribution in [0.25, 0.3) is 0 Å². The van der Waals surface area contributed by atoms with Crippen LogP contribution in [0.3, 0.4) is 0 Å². The number of methoxy groups -OCH3 is 1. The van der Waals surface area contributed by atoms with Gasteiger partial charge in [-0.05, 0) is 31.5 Å². The normalized spacial score (nSPS) is 14.3. The second-order valence-electron chi connectivity index (χ2n) is 5.32. The van der Waals surface area contributed by atoms with Crippen LogP contribution < -0.4 is 11.1 Å². The third-order valence-corrected chi connectivity index (χ3v) is 2.94. The summed E-state index contributed by atoms with van der Waals surface area (Å²) in [4.78, 5) is 23.5. The molecular weight excluding hydrogens is 279 g/mol. The molecule has 0 unspecified atom stereocenters. The van der Waals surface area contributed by atoms with E-state index in [-0.39, 0.29) is 6.42 Å². The molecule has 1 aromatic rings. The quantitative estimate of drug-likeness (QED) is 0.669. The molecule has 6 nitrogen and oxygen atoms in total. The minimum absolute atomic E-state index is 0.238. The van der Waals surface area contributed by atoms with E-state index in [0.29, 0.717) is 5.56 Å². The number of aliphatic carboxylic acids is 1. The van der Waals surface area contributed by atoms with Crippen molar-refractivity contribution in [1.29, 1.82) is 0 Å². The average Bonchev–Trinajstić information content (AvgIpc) is 2.36. The maximum atomic E-state index is 13.2. The van der Waals surface area contributed by atoms with Gasteiger partial charge in [-0.2, -0.15) is 0 Å². The summed E-state index contributed by atoms with van der Waals surface area (Å²) in [5.74, 6) is -2.59. The standard InChI is InChI=1S/C14H19FN2O4/c1-13(2,16)11(18)17-14(21-3,12(19)20)8-9-5-4-6-10(15)7-9/h4-7H,8,16H2,1-3H3,(H,17,18)(H,19,20)/t14-/m1/s1. The first-order chi connectivity index (χ1) is 9.60. The Morgan fingerprint density at radius 2 is 2.05 bits per heavy atom. The molecule has 21 heavy (non-hydrogen) atoms. The second kappa shape index (κ2) is 6.19. The molecule has 0 saturated heterocycles. The van der Waals surface area contributed by atoms with Crippen LogP contribution in [0, 0.1) is 5.82 Å². The van der Waals surface area contributed by atoms with Crippen molar-refractivity contribution in [3.05, 3.63) is 35.6 Å². The van der Waals surface area contributed by atoms with E-state index >= 15 is 0 Å². The highest BCUT2D eigenvalue weighted by atomic mass is 19.1. The molecule has 0 aliphatic heterocycles.